The van der Waals surface area contributed by atoms with Crippen LogP contribution in [0.15, 0.2) is 11.6 Å². The molecule has 0 amide bonds. The molecule has 0 aliphatic rings. The van der Waals surface area contributed by atoms with Crippen molar-refractivity contribution in [3.8, 4) is 0 Å². The number of alkyl halides is 1. The van der Waals surface area contributed by atoms with E-state index in [0.29, 0.717) is 5.88 Å². The molecule has 0 aliphatic carbocycles. The fourth-order valence-corrected chi connectivity index (χ4v) is 0.929. The third-order valence-electron chi connectivity index (χ3n) is 1.20. The van der Waals surface area contributed by atoms with Crippen LogP contribution in [-0.2, 0) is 9.47 Å². The van der Waals surface area contributed by atoms with E-state index < -0.39 is 0 Å². The van der Waals surface area contributed by atoms with Gasteiger partial charge >= 0.3 is 0 Å². The van der Waals surface area contributed by atoms with Crippen molar-refractivity contribution < 1.29 is 9.47 Å². The van der Waals surface area contributed by atoms with Crippen LogP contribution in [0, 0.1) is 0 Å². The van der Waals surface area contributed by atoms with E-state index in [1.54, 1.807) is 14.2 Å². The molecule has 10 heavy (non-hydrogen) atoms. The number of ether oxygens (including phenoxy) is 2. The molecular formula is C7H13ClO2. The van der Waals surface area contributed by atoms with Gasteiger partial charge in [-0.05, 0) is 12.5 Å². The second-order valence-electron chi connectivity index (χ2n) is 1.91. The number of rotatable bonds is 4. The average molecular weight is 165 g/mol. The molecule has 60 valence electrons. The average Bonchev–Trinajstić information content (AvgIpc) is 1.91. The van der Waals surface area contributed by atoms with Gasteiger partial charge in [0.15, 0.2) is 6.29 Å². The highest BCUT2D eigenvalue weighted by Crippen LogP contribution is 2.05. The van der Waals surface area contributed by atoms with E-state index in [2.05, 4.69) is 0 Å². The van der Waals surface area contributed by atoms with Crippen LogP contribution in [0.4, 0.5) is 0 Å². The smallest absolute Gasteiger partial charge is 0.178 e. The normalized spacial score (nSPS) is 12.7. The lowest BCUT2D eigenvalue weighted by Gasteiger charge is -2.12. The molecule has 0 saturated carbocycles. The van der Waals surface area contributed by atoms with Crippen molar-refractivity contribution in [1.29, 1.82) is 0 Å². The third kappa shape index (κ3) is 3.20. The molecule has 0 rings (SSSR count). The van der Waals surface area contributed by atoms with Crippen LogP contribution in [-0.4, -0.2) is 26.4 Å². The Morgan fingerprint density at radius 3 is 2.30 bits per heavy atom. The zero-order valence-electron chi connectivity index (χ0n) is 6.56. The molecule has 0 heterocycles. The first-order chi connectivity index (χ1) is 4.76. The first-order valence-corrected chi connectivity index (χ1v) is 3.58. The first kappa shape index (κ1) is 9.95. The van der Waals surface area contributed by atoms with Crippen molar-refractivity contribution in [2.75, 3.05) is 20.1 Å². The van der Waals surface area contributed by atoms with Gasteiger partial charge in [-0.3, -0.25) is 0 Å². The Kier molecular flexibility index (Phi) is 5.69. The Labute approximate surface area is 66.8 Å². The van der Waals surface area contributed by atoms with Gasteiger partial charge in [0.05, 0.1) is 0 Å². The fraction of sp³-hybridized carbons (Fsp3) is 0.714. The van der Waals surface area contributed by atoms with Gasteiger partial charge in [-0.25, -0.2) is 0 Å². The van der Waals surface area contributed by atoms with E-state index in [1.165, 1.54) is 0 Å². The van der Waals surface area contributed by atoms with E-state index in [9.17, 15) is 0 Å². The fourth-order valence-electron chi connectivity index (χ4n) is 0.686. The summed E-state index contributed by atoms with van der Waals surface area (Å²) in [5, 5.41) is 0. The van der Waals surface area contributed by atoms with E-state index in [4.69, 9.17) is 21.1 Å². The van der Waals surface area contributed by atoms with Gasteiger partial charge in [0.1, 0.15) is 0 Å². The van der Waals surface area contributed by atoms with Crippen LogP contribution >= 0.6 is 11.6 Å². The summed E-state index contributed by atoms with van der Waals surface area (Å²) >= 11 is 5.47. The highest BCUT2D eigenvalue weighted by Gasteiger charge is 2.05. The number of hydrogen-bond acceptors (Lipinski definition) is 2. The maximum absolute atomic E-state index is 5.47. The second-order valence-corrected chi connectivity index (χ2v) is 2.21. The highest BCUT2D eigenvalue weighted by atomic mass is 35.5. The molecule has 0 N–H and O–H groups in total. The van der Waals surface area contributed by atoms with Gasteiger partial charge in [-0.15, -0.1) is 11.6 Å². The molecule has 0 unspecified atom stereocenters. The molecule has 0 atom stereocenters. The minimum atomic E-state index is -0.251. The molecule has 3 heteroatoms. The van der Waals surface area contributed by atoms with E-state index >= 15 is 0 Å². The Bertz CT molecular complexity index is 108. The summed E-state index contributed by atoms with van der Waals surface area (Å²) in [7, 11) is 3.19. The van der Waals surface area contributed by atoms with Crippen molar-refractivity contribution in [2.24, 2.45) is 0 Å². The Balaban J connectivity index is 3.87. The van der Waals surface area contributed by atoms with Crippen LogP contribution in [0.25, 0.3) is 0 Å². The van der Waals surface area contributed by atoms with Gasteiger partial charge in [-0.1, -0.05) is 6.08 Å². The maximum atomic E-state index is 5.47. The van der Waals surface area contributed by atoms with E-state index in [1.807, 2.05) is 13.0 Å². The molecule has 0 radical (unpaired) electrons. The van der Waals surface area contributed by atoms with Crippen molar-refractivity contribution in [3.05, 3.63) is 11.6 Å². The van der Waals surface area contributed by atoms with Gasteiger partial charge in [0, 0.05) is 20.1 Å². The van der Waals surface area contributed by atoms with Crippen LogP contribution < -0.4 is 0 Å². The molecule has 0 aromatic heterocycles. The van der Waals surface area contributed by atoms with Crippen LogP contribution in [0.3, 0.4) is 0 Å². The Hall–Kier alpha value is -0.0500. The summed E-state index contributed by atoms with van der Waals surface area (Å²) in [6.07, 6.45) is 1.61. The molecule has 0 aromatic carbocycles. The van der Waals surface area contributed by atoms with Crippen molar-refractivity contribution >= 4 is 11.6 Å². The Morgan fingerprint density at radius 2 is 2.00 bits per heavy atom. The second kappa shape index (κ2) is 5.71. The molecule has 0 spiro atoms. The predicted molar refractivity (Wildman–Crippen MR) is 42.3 cm³/mol. The first-order valence-electron chi connectivity index (χ1n) is 3.04. The standard InChI is InChI=1S/C7H13ClO2/c1-6(4-5-8)7(9-2)10-3/h4,7H,5H2,1-3H3/b6-4+. The lowest BCUT2D eigenvalue weighted by molar-refractivity contribution is -0.0747. The zero-order chi connectivity index (χ0) is 7.98. The third-order valence-corrected chi connectivity index (χ3v) is 1.35. The largest absolute Gasteiger partial charge is 0.352 e. The lowest BCUT2D eigenvalue weighted by Crippen LogP contribution is -2.14. The van der Waals surface area contributed by atoms with E-state index in [-0.39, 0.29) is 6.29 Å². The van der Waals surface area contributed by atoms with Gasteiger partial charge < -0.3 is 9.47 Å². The van der Waals surface area contributed by atoms with Crippen molar-refractivity contribution in [1.82, 2.24) is 0 Å². The lowest BCUT2D eigenvalue weighted by atomic mass is 10.3. The van der Waals surface area contributed by atoms with Gasteiger partial charge in [0.25, 0.3) is 0 Å². The highest BCUT2D eigenvalue weighted by molar-refractivity contribution is 6.18. The summed E-state index contributed by atoms with van der Waals surface area (Å²) in [5.41, 5.74) is 1.00. The minimum Gasteiger partial charge on any atom is -0.352 e. The molecular weight excluding hydrogens is 152 g/mol. The molecule has 0 fully saturated rings. The summed E-state index contributed by atoms with van der Waals surface area (Å²) < 4.78 is 9.93. The molecule has 0 bridgehead atoms. The summed E-state index contributed by atoms with van der Waals surface area (Å²) in [4.78, 5) is 0. The summed E-state index contributed by atoms with van der Waals surface area (Å²) in [5.74, 6) is 0.495. The molecule has 2 nitrogen and oxygen atoms in total. The molecule has 0 saturated heterocycles. The number of halogens is 1. The monoisotopic (exact) mass is 164 g/mol. The number of methoxy groups -OCH3 is 2. The van der Waals surface area contributed by atoms with E-state index in [0.717, 1.165) is 5.57 Å². The van der Waals surface area contributed by atoms with Gasteiger partial charge in [-0.2, -0.15) is 0 Å². The Morgan fingerprint density at radius 1 is 1.50 bits per heavy atom. The minimum absolute atomic E-state index is 0.251. The van der Waals surface area contributed by atoms with Crippen LogP contribution in [0.2, 0.25) is 0 Å². The SMILES string of the molecule is COC(OC)/C(C)=C/CCl. The number of allylic oxidation sites excluding steroid dienone is 1. The predicted octanol–water partition coefficient (Wildman–Crippen LogP) is 1.79. The van der Waals surface area contributed by atoms with Gasteiger partial charge in [0.2, 0.25) is 0 Å². The maximum Gasteiger partial charge on any atom is 0.178 e. The van der Waals surface area contributed by atoms with Crippen molar-refractivity contribution in [3.63, 3.8) is 0 Å². The zero-order valence-corrected chi connectivity index (χ0v) is 7.31. The summed E-state index contributed by atoms with van der Waals surface area (Å²) in [6.45, 7) is 1.92. The van der Waals surface area contributed by atoms with Crippen molar-refractivity contribution in [2.45, 2.75) is 13.2 Å². The van der Waals surface area contributed by atoms with Crippen LogP contribution in [0.5, 0.6) is 0 Å². The quantitative estimate of drug-likeness (QED) is 0.358. The molecule has 0 aromatic rings. The molecule has 0 aliphatic heterocycles. The summed E-state index contributed by atoms with van der Waals surface area (Å²) in [6, 6.07) is 0. The topological polar surface area (TPSA) is 18.5 Å². The van der Waals surface area contributed by atoms with Crippen LogP contribution in [0.1, 0.15) is 6.92 Å². The number of hydrogen-bond donors (Lipinski definition) is 0.